The molecule has 2 aliphatic heterocycles. The van der Waals surface area contributed by atoms with E-state index in [1.54, 1.807) is 12.1 Å². The highest BCUT2D eigenvalue weighted by molar-refractivity contribution is 5.95. The SMILES string of the molecule is Cc1ccccc1N1CCN(C(=O)c2ccc3c(c2)OCO3)CC1. The molecular weight excluding hydrogens is 304 g/mol. The van der Waals surface area contributed by atoms with Crippen LogP contribution in [0.25, 0.3) is 0 Å². The van der Waals surface area contributed by atoms with E-state index in [0.29, 0.717) is 17.1 Å². The van der Waals surface area contributed by atoms with Gasteiger partial charge in [-0.3, -0.25) is 4.79 Å². The van der Waals surface area contributed by atoms with Crippen LogP contribution in [0, 0.1) is 6.92 Å². The number of hydrogen-bond acceptors (Lipinski definition) is 4. The second-order valence-corrected chi connectivity index (χ2v) is 6.13. The van der Waals surface area contributed by atoms with E-state index in [1.165, 1.54) is 11.3 Å². The Morgan fingerprint density at radius 1 is 0.958 bits per heavy atom. The molecule has 124 valence electrons. The standard InChI is InChI=1S/C19H20N2O3/c1-14-4-2-3-5-16(14)20-8-10-21(11-9-20)19(22)15-6-7-17-18(12-15)24-13-23-17/h2-7,12H,8-11,13H2,1H3. The number of carbonyl (C=O) groups is 1. The van der Waals surface area contributed by atoms with Gasteiger partial charge in [0, 0.05) is 37.4 Å². The molecular formula is C19H20N2O3. The summed E-state index contributed by atoms with van der Waals surface area (Å²) >= 11 is 0. The lowest BCUT2D eigenvalue weighted by Crippen LogP contribution is -2.49. The summed E-state index contributed by atoms with van der Waals surface area (Å²) in [4.78, 5) is 17.0. The van der Waals surface area contributed by atoms with Crippen molar-refractivity contribution in [2.45, 2.75) is 6.92 Å². The van der Waals surface area contributed by atoms with E-state index in [-0.39, 0.29) is 12.7 Å². The fourth-order valence-electron chi connectivity index (χ4n) is 3.28. The predicted molar refractivity (Wildman–Crippen MR) is 91.9 cm³/mol. The highest BCUT2D eigenvalue weighted by atomic mass is 16.7. The molecule has 5 heteroatoms. The van der Waals surface area contributed by atoms with Crippen LogP contribution in [0.15, 0.2) is 42.5 Å². The lowest BCUT2D eigenvalue weighted by Gasteiger charge is -2.36. The molecule has 0 spiro atoms. The summed E-state index contributed by atoms with van der Waals surface area (Å²) in [6.45, 7) is 5.49. The fraction of sp³-hybridized carbons (Fsp3) is 0.316. The zero-order chi connectivity index (χ0) is 16.5. The maximum absolute atomic E-state index is 12.7. The van der Waals surface area contributed by atoms with E-state index >= 15 is 0 Å². The second-order valence-electron chi connectivity index (χ2n) is 6.13. The summed E-state index contributed by atoms with van der Waals surface area (Å²) in [5.41, 5.74) is 3.18. The number of ether oxygens (including phenoxy) is 2. The molecule has 0 unspecified atom stereocenters. The number of hydrogen-bond donors (Lipinski definition) is 0. The van der Waals surface area contributed by atoms with E-state index in [1.807, 2.05) is 11.0 Å². The van der Waals surface area contributed by atoms with Crippen molar-refractivity contribution in [2.24, 2.45) is 0 Å². The highest BCUT2D eigenvalue weighted by Crippen LogP contribution is 2.33. The molecule has 0 atom stereocenters. The number of rotatable bonds is 2. The Bertz CT molecular complexity index is 767. The Kier molecular flexibility index (Phi) is 3.76. The molecule has 2 aromatic rings. The van der Waals surface area contributed by atoms with Crippen LogP contribution in [-0.2, 0) is 0 Å². The number of benzene rings is 2. The molecule has 4 rings (SSSR count). The molecule has 1 saturated heterocycles. The number of piperazine rings is 1. The van der Waals surface area contributed by atoms with E-state index < -0.39 is 0 Å². The Balaban J connectivity index is 1.44. The van der Waals surface area contributed by atoms with Crippen molar-refractivity contribution in [1.82, 2.24) is 4.90 Å². The van der Waals surface area contributed by atoms with Crippen molar-refractivity contribution in [3.63, 3.8) is 0 Å². The van der Waals surface area contributed by atoms with Crippen molar-refractivity contribution in [2.75, 3.05) is 37.9 Å². The quantitative estimate of drug-likeness (QED) is 0.852. The summed E-state index contributed by atoms with van der Waals surface area (Å²) in [7, 11) is 0. The van der Waals surface area contributed by atoms with E-state index in [2.05, 4.69) is 36.1 Å². The van der Waals surface area contributed by atoms with Gasteiger partial charge < -0.3 is 19.3 Å². The Hall–Kier alpha value is -2.69. The highest BCUT2D eigenvalue weighted by Gasteiger charge is 2.24. The van der Waals surface area contributed by atoms with E-state index in [9.17, 15) is 4.79 Å². The fourth-order valence-corrected chi connectivity index (χ4v) is 3.28. The number of nitrogens with zero attached hydrogens (tertiary/aromatic N) is 2. The molecule has 1 amide bonds. The van der Waals surface area contributed by atoms with Crippen LogP contribution >= 0.6 is 0 Å². The van der Waals surface area contributed by atoms with Crippen molar-refractivity contribution in [3.05, 3.63) is 53.6 Å². The summed E-state index contributed by atoms with van der Waals surface area (Å²) in [6, 6.07) is 13.8. The molecule has 2 aromatic carbocycles. The van der Waals surface area contributed by atoms with Gasteiger partial charge in [-0.25, -0.2) is 0 Å². The first-order valence-corrected chi connectivity index (χ1v) is 8.22. The molecule has 2 aliphatic rings. The second kappa shape index (κ2) is 6.07. The van der Waals surface area contributed by atoms with Gasteiger partial charge in [0.15, 0.2) is 11.5 Å². The van der Waals surface area contributed by atoms with Crippen LogP contribution in [0.5, 0.6) is 11.5 Å². The molecule has 0 saturated carbocycles. The third-order valence-corrected chi connectivity index (χ3v) is 4.64. The van der Waals surface area contributed by atoms with Crippen molar-refractivity contribution < 1.29 is 14.3 Å². The molecule has 1 fully saturated rings. The first-order chi connectivity index (χ1) is 11.7. The lowest BCUT2D eigenvalue weighted by molar-refractivity contribution is 0.0746. The maximum Gasteiger partial charge on any atom is 0.254 e. The van der Waals surface area contributed by atoms with E-state index in [0.717, 1.165) is 26.2 Å². The number of amides is 1. The van der Waals surface area contributed by atoms with Crippen LogP contribution < -0.4 is 14.4 Å². The van der Waals surface area contributed by atoms with E-state index in [4.69, 9.17) is 9.47 Å². The van der Waals surface area contributed by atoms with Gasteiger partial charge in [0.05, 0.1) is 0 Å². The Labute approximate surface area is 141 Å². The van der Waals surface area contributed by atoms with Gasteiger partial charge in [-0.15, -0.1) is 0 Å². The Morgan fingerprint density at radius 3 is 2.50 bits per heavy atom. The van der Waals surface area contributed by atoms with Crippen molar-refractivity contribution in [3.8, 4) is 11.5 Å². The zero-order valence-electron chi connectivity index (χ0n) is 13.7. The third kappa shape index (κ3) is 2.66. The Morgan fingerprint density at radius 2 is 1.71 bits per heavy atom. The van der Waals surface area contributed by atoms with Gasteiger partial charge in [-0.05, 0) is 36.8 Å². The first-order valence-electron chi connectivity index (χ1n) is 8.22. The summed E-state index contributed by atoms with van der Waals surface area (Å²) in [5.74, 6) is 1.41. The molecule has 5 nitrogen and oxygen atoms in total. The smallest absolute Gasteiger partial charge is 0.254 e. The van der Waals surface area contributed by atoms with Crippen molar-refractivity contribution >= 4 is 11.6 Å². The summed E-state index contributed by atoms with van der Waals surface area (Å²) in [6.07, 6.45) is 0. The number of para-hydroxylation sites is 1. The van der Waals surface area contributed by atoms with Crippen molar-refractivity contribution in [1.29, 1.82) is 0 Å². The monoisotopic (exact) mass is 324 g/mol. The van der Waals surface area contributed by atoms with Crippen LogP contribution in [0.3, 0.4) is 0 Å². The van der Waals surface area contributed by atoms with Gasteiger partial charge in [-0.1, -0.05) is 18.2 Å². The number of aryl methyl sites for hydroxylation is 1. The number of fused-ring (bicyclic) bond motifs is 1. The van der Waals surface area contributed by atoms with Gasteiger partial charge in [0.25, 0.3) is 5.91 Å². The van der Waals surface area contributed by atoms with Crippen LogP contribution in [-0.4, -0.2) is 43.8 Å². The third-order valence-electron chi connectivity index (χ3n) is 4.64. The minimum Gasteiger partial charge on any atom is -0.454 e. The molecule has 0 aliphatic carbocycles. The molecule has 0 bridgehead atoms. The van der Waals surface area contributed by atoms with Gasteiger partial charge in [-0.2, -0.15) is 0 Å². The first kappa shape index (κ1) is 14.9. The van der Waals surface area contributed by atoms with Crippen LogP contribution in [0.1, 0.15) is 15.9 Å². The molecule has 0 aromatic heterocycles. The zero-order valence-corrected chi connectivity index (χ0v) is 13.7. The lowest BCUT2D eigenvalue weighted by atomic mass is 10.1. The summed E-state index contributed by atoms with van der Waals surface area (Å²) < 4.78 is 10.7. The van der Waals surface area contributed by atoms with Gasteiger partial charge >= 0.3 is 0 Å². The number of carbonyl (C=O) groups excluding carboxylic acids is 1. The molecule has 2 heterocycles. The molecule has 0 radical (unpaired) electrons. The predicted octanol–water partition coefficient (Wildman–Crippen LogP) is 2.69. The largest absolute Gasteiger partial charge is 0.454 e. The normalized spacial score (nSPS) is 16.4. The summed E-state index contributed by atoms with van der Waals surface area (Å²) in [5, 5.41) is 0. The topological polar surface area (TPSA) is 42.0 Å². The minimum absolute atomic E-state index is 0.0535. The molecule has 24 heavy (non-hydrogen) atoms. The van der Waals surface area contributed by atoms with Gasteiger partial charge in [0.1, 0.15) is 0 Å². The molecule has 0 N–H and O–H groups in total. The van der Waals surface area contributed by atoms with Crippen LogP contribution in [0.4, 0.5) is 5.69 Å². The van der Waals surface area contributed by atoms with Gasteiger partial charge in [0.2, 0.25) is 6.79 Å². The average molecular weight is 324 g/mol. The minimum atomic E-state index is 0.0535. The van der Waals surface area contributed by atoms with Crippen LogP contribution in [0.2, 0.25) is 0 Å². The average Bonchev–Trinajstić information content (AvgIpc) is 3.09. The number of anilines is 1. The maximum atomic E-state index is 12.7.